The van der Waals surface area contributed by atoms with Crippen LogP contribution in [0.25, 0.3) is 0 Å². The van der Waals surface area contributed by atoms with Crippen molar-refractivity contribution in [3.8, 4) is 0 Å². The summed E-state index contributed by atoms with van der Waals surface area (Å²) in [6.07, 6.45) is 3.33. The highest BCUT2D eigenvalue weighted by molar-refractivity contribution is 7.93. The van der Waals surface area contributed by atoms with Crippen LogP contribution in [0.2, 0.25) is 0 Å². The molecule has 7 heteroatoms. The molecule has 21 heavy (non-hydrogen) atoms. The Morgan fingerprint density at radius 1 is 1.05 bits per heavy atom. The average molecular weight is 323 g/mol. The van der Waals surface area contributed by atoms with Crippen molar-refractivity contribution in [3.63, 3.8) is 0 Å². The van der Waals surface area contributed by atoms with Gasteiger partial charge < -0.3 is 23.7 Å². The molecule has 0 aromatic carbocycles. The van der Waals surface area contributed by atoms with Crippen molar-refractivity contribution in [2.45, 2.75) is 32.8 Å². The Labute approximate surface area is 132 Å². The van der Waals surface area contributed by atoms with E-state index >= 15 is 0 Å². The lowest BCUT2D eigenvalue weighted by molar-refractivity contribution is -0.121. The first-order valence-corrected chi connectivity index (χ1v) is 8.51. The number of nitrogens with one attached hydrogen (secondary N) is 1. The van der Waals surface area contributed by atoms with Crippen LogP contribution in [-0.2, 0) is 23.2 Å². The van der Waals surface area contributed by atoms with Gasteiger partial charge in [-0.3, -0.25) is 4.79 Å². The Bertz CT molecular complexity index is 241. The summed E-state index contributed by atoms with van der Waals surface area (Å²) >= 11 is 1.33. The second-order valence-electron chi connectivity index (χ2n) is 4.59. The molecule has 1 amide bonds. The van der Waals surface area contributed by atoms with Gasteiger partial charge in [0.25, 0.3) is 0 Å². The smallest absolute Gasteiger partial charge is 0.220 e. The largest absolute Gasteiger partial charge is 0.379 e. The predicted octanol–water partition coefficient (Wildman–Crippen LogP) is 1.64. The van der Waals surface area contributed by atoms with E-state index in [1.807, 2.05) is 20.1 Å². The van der Waals surface area contributed by atoms with Gasteiger partial charge in [-0.05, 0) is 32.3 Å². The van der Waals surface area contributed by atoms with Crippen LogP contribution in [0.15, 0.2) is 0 Å². The number of hydrogen-bond acceptors (Lipinski definition) is 6. The fourth-order valence-electron chi connectivity index (χ4n) is 1.40. The second kappa shape index (κ2) is 16.0. The first kappa shape index (κ1) is 20.7. The molecule has 126 valence electrons. The zero-order valence-electron chi connectivity index (χ0n) is 13.4. The van der Waals surface area contributed by atoms with E-state index in [0.29, 0.717) is 52.6 Å². The van der Waals surface area contributed by atoms with Crippen molar-refractivity contribution in [1.82, 2.24) is 5.32 Å². The van der Waals surface area contributed by atoms with E-state index in [0.717, 1.165) is 6.42 Å². The summed E-state index contributed by atoms with van der Waals surface area (Å²) in [5.74, 6) is 0.0384. The molecule has 0 spiro atoms. The van der Waals surface area contributed by atoms with E-state index < -0.39 is 0 Å². The van der Waals surface area contributed by atoms with Crippen LogP contribution in [0, 0.1) is 0 Å². The van der Waals surface area contributed by atoms with Crippen molar-refractivity contribution in [2.24, 2.45) is 0 Å². The lowest BCUT2D eigenvalue weighted by atomic mass is 10.3. The van der Waals surface area contributed by atoms with E-state index in [2.05, 4.69) is 5.32 Å². The molecule has 0 saturated heterocycles. The monoisotopic (exact) mass is 323 g/mol. The molecule has 0 aliphatic rings. The van der Waals surface area contributed by atoms with Crippen LogP contribution in [0.4, 0.5) is 0 Å². The van der Waals surface area contributed by atoms with Crippen molar-refractivity contribution in [2.75, 3.05) is 52.4 Å². The number of ether oxygens (including phenoxy) is 3. The van der Waals surface area contributed by atoms with Crippen LogP contribution < -0.4 is 5.32 Å². The van der Waals surface area contributed by atoms with Crippen molar-refractivity contribution in [3.05, 3.63) is 0 Å². The normalized spacial score (nSPS) is 11.0. The van der Waals surface area contributed by atoms with Crippen LogP contribution in [0.3, 0.4) is 0 Å². The summed E-state index contributed by atoms with van der Waals surface area (Å²) in [7, 11) is 0. The maximum absolute atomic E-state index is 11.5. The lowest BCUT2D eigenvalue weighted by Crippen LogP contribution is -2.27. The second-order valence-corrected chi connectivity index (χ2v) is 5.16. The number of amides is 1. The first-order chi connectivity index (χ1) is 10.2. The fourth-order valence-corrected chi connectivity index (χ4v) is 1.64. The quantitative estimate of drug-likeness (QED) is 0.365. The Morgan fingerprint density at radius 2 is 1.71 bits per heavy atom. The third-order valence-corrected chi connectivity index (χ3v) is 2.77. The number of hydrogen-bond donors (Lipinski definition) is 1. The first-order valence-electron chi connectivity index (χ1n) is 7.36. The molecule has 0 radical (unpaired) electrons. The molecule has 0 unspecified atom stereocenters. The third-order valence-electron chi connectivity index (χ3n) is 2.37. The fraction of sp³-hybridized carbons (Fsp3) is 0.929. The summed E-state index contributed by atoms with van der Waals surface area (Å²) in [5.41, 5.74) is 0. The van der Waals surface area contributed by atoms with Crippen LogP contribution >= 0.6 is 12.0 Å². The topological polar surface area (TPSA) is 66.0 Å². The van der Waals surface area contributed by atoms with Gasteiger partial charge in [-0.25, -0.2) is 0 Å². The van der Waals surface area contributed by atoms with Crippen molar-refractivity contribution < 1.29 is 23.2 Å². The highest BCUT2D eigenvalue weighted by atomic mass is 32.2. The van der Waals surface area contributed by atoms with E-state index in [4.69, 9.17) is 18.4 Å². The molecule has 0 bridgehead atoms. The zero-order valence-corrected chi connectivity index (χ0v) is 14.2. The van der Waals surface area contributed by atoms with Crippen molar-refractivity contribution >= 4 is 17.9 Å². The molecule has 0 saturated carbocycles. The number of carbonyl (C=O) groups excluding carboxylic acids is 1. The van der Waals surface area contributed by atoms with Crippen molar-refractivity contribution in [1.29, 1.82) is 0 Å². The maximum atomic E-state index is 11.5. The van der Waals surface area contributed by atoms with Crippen LogP contribution in [0.5, 0.6) is 0 Å². The Kier molecular flexibility index (Phi) is 15.8. The standard InChI is InChI=1S/C14H29NO5S/c1-13(2)19-7-4-5-14(16)15-6-8-17-9-10-18-11-12-20-21-3/h13H,4-12H2,1-3H3,(H,15,16). The van der Waals surface area contributed by atoms with Gasteiger partial charge >= 0.3 is 0 Å². The Balaban J connectivity index is 3.14. The van der Waals surface area contributed by atoms with Gasteiger partial charge in [-0.2, -0.15) is 0 Å². The molecule has 0 heterocycles. The third kappa shape index (κ3) is 17.6. The van der Waals surface area contributed by atoms with E-state index in [-0.39, 0.29) is 12.0 Å². The maximum Gasteiger partial charge on any atom is 0.220 e. The Morgan fingerprint density at radius 3 is 2.38 bits per heavy atom. The van der Waals surface area contributed by atoms with Gasteiger partial charge in [0.2, 0.25) is 5.91 Å². The minimum atomic E-state index is 0.0384. The summed E-state index contributed by atoms with van der Waals surface area (Å²) < 4.78 is 21.0. The summed E-state index contributed by atoms with van der Waals surface area (Å²) in [6.45, 7) is 7.83. The molecule has 0 atom stereocenters. The minimum Gasteiger partial charge on any atom is -0.379 e. The average Bonchev–Trinajstić information content (AvgIpc) is 2.45. The lowest BCUT2D eigenvalue weighted by Gasteiger charge is -2.08. The summed E-state index contributed by atoms with van der Waals surface area (Å²) in [6, 6.07) is 0. The molecule has 0 aliphatic heterocycles. The minimum absolute atomic E-state index is 0.0384. The molecule has 0 aromatic rings. The van der Waals surface area contributed by atoms with Crippen LogP contribution in [0.1, 0.15) is 26.7 Å². The van der Waals surface area contributed by atoms with E-state index in [9.17, 15) is 4.79 Å². The van der Waals surface area contributed by atoms with E-state index in [1.165, 1.54) is 12.0 Å². The number of carbonyl (C=O) groups is 1. The van der Waals surface area contributed by atoms with E-state index in [1.54, 1.807) is 0 Å². The SMILES string of the molecule is CSOCCOCCOCCNC(=O)CCCOC(C)C. The van der Waals surface area contributed by atoms with Gasteiger partial charge in [0.05, 0.1) is 39.1 Å². The molecular formula is C14H29NO5S. The van der Waals surface area contributed by atoms with Gasteiger partial charge in [-0.1, -0.05) is 0 Å². The summed E-state index contributed by atoms with van der Waals surface area (Å²) in [4.78, 5) is 11.5. The highest BCUT2D eigenvalue weighted by Crippen LogP contribution is 1.94. The molecule has 1 N–H and O–H groups in total. The van der Waals surface area contributed by atoms with Crippen LogP contribution in [-0.4, -0.2) is 64.5 Å². The summed E-state index contributed by atoms with van der Waals surface area (Å²) in [5, 5.41) is 2.81. The van der Waals surface area contributed by atoms with Gasteiger partial charge in [0.1, 0.15) is 0 Å². The molecule has 6 nitrogen and oxygen atoms in total. The molecular weight excluding hydrogens is 294 g/mol. The molecule has 0 aromatic heterocycles. The molecule has 0 aliphatic carbocycles. The highest BCUT2D eigenvalue weighted by Gasteiger charge is 2.01. The van der Waals surface area contributed by atoms with Gasteiger partial charge in [-0.15, -0.1) is 0 Å². The van der Waals surface area contributed by atoms with Gasteiger partial charge in [0, 0.05) is 25.8 Å². The predicted molar refractivity (Wildman–Crippen MR) is 84.4 cm³/mol. The molecule has 0 fully saturated rings. The van der Waals surface area contributed by atoms with Gasteiger partial charge in [0.15, 0.2) is 0 Å². The number of rotatable bonds is 15. The molecule has 0 rings (SSSR count). The Hall–Kier alpha value is -0.340. The zero-order chi connectivity index (χ0) is 15.8.